The summed E-state index contributed by atoms with van der Waals surface area (Å²) in [5, 5.41) is 0. The molecule has 1 aromatic carbocycles. The molecule has 1 saturated heterocycles. The molecule has 0 atom stereocenters. The third-order valence-corrected chi connectivity index (χ3v) is 4.95. The highest BCUT2D eigenvalue weighted by atomic mass is 32.2. The number of rotatable bonds is 4. The van der Waals surface area contributed by atoms with Gasteiger partial charge in [0.05, 0.1) is 17.9 Å². The number of ether oxygens (including phenoxy) is 1. The SMILES string of the molecule is CCOC(=O)c1cccnc1-c1ccc(C(=O)N2CCSCC2)cc1. The van der Waals surface area contributed by atoms with Crippen molar-refractivity contribution < 1.29 is 14.3 Å². The van der Waals surface area contributed by atoms with Crippen molar-refractivity contribution in [2.24, 2.45) is 0 Å². The lowest BCUT2D eigenvalue weighted by atomic mass is 10.0. The van der Waals surface area contributed by atoms with E-state index in [4.69, 9.17) is 4.74 Å². The van der Waals surface area contributed by atoms with Crippen LogP contribution in [0.1, 0.15) is 27.6 Å². The monoisotopic (exact) mass is 356 g/mol. The summed E-state index contributed by atoms with van der Waals surface area (Å²) in [6, 6.07) is 10.7. The zero-order valence-corrected chi connectivity index (χ0v) is 14.9. The van der Waals surface area contributed by atoms with Crippen molar-refractivity contribution in [3.8, 4) is 11.3 Å². The fraction of sp³-hybridized carbons (Fsp3) is 0.316. The second kappa shape index (κ2) is 8.16. The number of aromatic nitrogens is 1. The summed E-state index contributed by atoms with van der Waals surface area (Å²) >= 11 is 1.87. The minimum Gasteiger partial charge on any atom is -0.462 e. The van der Waals surface area contributed by atoms with E-state index in [1.165, 1.54) is 0 Å². The fourth-order valence-corrected chi connectivity index (χ4v) is 3.63. The van der Waals surface area contributed by atoms with E-state index in [2.05, 4.69) is 4.98 Å². The lowest BCUT2D eigenvalue weighted by Gasteiger charge is -2.26. The molecule has 1 aliphatic rings. The first kappa shape index (κ1) is 17.5. The van der Waals surface area contributed by atoms with Gasteiger partial charge in [-0.25, -0.2) is 4.79 Å². The van der Waals surface area contributed by atoms with Gasteiger partial charge in [-0.05, 0) is 31.2 Å². The summed E-state index contributed by atoms with van der Waals surface area (Å²) in [6.07, 6.45) is 1.64. The molecule has 1 aromatic heterocycles. The number of esters is 1. The Bertz CT molecular complexity index is 756. The van der Waals surface area contributed by atoms with E-state index in [0.717, 1.165) is 30.2 Å². The van der Waals surface area contributed by atoms with Crippen molar-refractivity contribution in [3.63, 3.8) is 0 Å². The number of amides is 1. The van der Waals surface area contributed by atoms with E-state index >= 15 is 0 Å². The first-order valence-electron chi connectivity index (χ1n) is 8.30. The van der Waals surface area contributed by atoms with Gasteiger partial charge in [0.1, 0.15) is 0 Å². The number of hydrogen-bond acceptors (Lipinski definition) is 5. The molecule has 1 fully saturated rings. The van der Waals surface area contributed by atoms with Gasteiger partial charge in [-0.1, -0.05) is 12.1 Å². The molecule has 0 bridgehead atoms. The maximum absolute atomic E-state index is 12.5. The van der Waals surface area contributed by atoms with Gasteiger partial charge in [-0.2, -0.15) is 11.8 Å². The van der Waals surface area contributed by atoms with Gasteiger partial charge in [-0.15, -0.1) is 0 Å². The van der Waals surface area contributed by atoms with E-state index in [0.29, 0.717) is 23.4 Å². The molecule has 3 rings (SSSR count). The van der Waals surface area contributed by atoms with E-state index in [1.54, 1.807) is 37.4 Å². The highest BCUT2D eigenvalue weighted by molar-refractivity contribution is 7.99. The minimum atomic E-state index is -0.392. The molecule has 1 amide bonds. The molecule has 25 heavy (non-hydrogen) atoms. The van der Waals surface area contributed by atoms with Crippen LogP contribution in [0.5, 0.6) is 0 Å². The number of pyridine rings is 1. The Hall–Kier alpha value is -2.34. The number of benzene rings is 1. The minimum absolute atomic E-state index is 0.0542. The van der Waals surface area contributed by atoms with Crippen molar-refractivity contribution in [2.75, 3.05) is 31.2 Å². The molecule has 0 spiro atoms. The third-order valence-electron chi connectivity index (χ3n) is 4.01. The van der Waals surface area contributed by atoms with Crippen LogP contribution in [0, 0.1) is 0 Å². The molecule has 6 heteroatoms. The van der Waals surface area contributed by atoms with Crippen molar-refractivity contribution in [2.45, 2.75) is 6.92 Å². The zero-order chi connectivity index (χ0) is 17.6. The second-order valence-corrected chi connectivity index (χ2v) is 6.83. The standard InChI is InChI=1S/C19H20N2O3S/c1-2-24-19(23)16-4-3-9-20-17(16)14-5-7-15(8-6-14)18(22)21-10-12-25-13-11-21/h3-9H,2,10-13H2,1H3. The van der Waals surface area contributed by atoms with Crippen molar-refractivity contribution in [3.05, 3.63) is 53.7 Å². The maximum Gasteiger partial charge on any atom is 0.340 e. The molecule has 0 aliphatic carbocycles. The van der Waals surface area contributed by atoms with Crippen LogP contribution in [0.2, 0.25) is 0 Å². The second-order valence-electron chi connectivity index (χ2n) is 5.60. The quantitative estimate of drug-likeness (QED) is 0.788. The van der Waals surface area contributed by atoms with E-state index in [-0.39, 0.29) is 5.91 Å². The molecule has 5 nitrogen and oxygen atoms in total. The fourth-order valence-electron chi connectivity index (χ4n) is 2.73. The Morgan fingerprint density at radius 1 is 1.16 bits per heavy atom. The Kier molecular flexibility index (Phi) is 5.71. The number of thioether (sulfide) groups is 1. The van der Waals surface area contributed by atoms with E-state index in [1.807, 2.05) is 28.8 Å². The van der Waals surface area contributed by atoms with Crippen LogP contribution in [-0.4, -0.2) is 53.0 Å². The van der Waals surface area contributed by atoms with E-state index in [9.17, 15) is 9.59 Å². The lowest BCUT2D eigenvalue weighted by molar-refractivity contribution is 0.0526. The van der Waals surface area contributed by atoms with E-state index < -0.39 is 5.97 Å². The van der Waals surface area contributed by atoms with Gasteiger partial charge in [0.25, 0.3) is 5.91 Å². The average Bonchev–Trinajstić information content (AvgIpc) is 2.68. The molecule has 1 aliphatic heterocycles. The summed E-state index contributed by atoms with van der Waals surface area (Å²) in [5.41, 5.74) is 2.43. The van der Waals surface area contributed by atoms with Crippen LogP contribution >= 0.6 is 11.8 Å². The van der Waals surface area contributed by atoms with Gasteiger partial charge in [0.15, 0.2) is 0 Å². The van der Waals surface area contributed by atoms with Gasteiger partial charge >= 0.3 is 5.97 Å². The first-order valence-corrected chi connectivity index (χ1v) is 9.45. The summed E-state index contributed by atoms with van der Waals surface area (Å²) in [4.78, 5) is 30.8. The van der Waals surface area contributed by atoms with Gasteiger partial charge in [0.2, 0.25) is 0 Å². The predicted molar refractivity (Wildman–Crippen MR) is 98.9 cm³/mol. The highest BCUT2D eigenvalue weighted by Gasteiger charge is 2.19. The Balaban J connectivity index is 1.83. The number of carbonyl (C=O) groups is 2. The highest BCUT2D eigenvalue weighted by Crippen LogP contribution is 2.23. The summed E-state index contributed by atoms with van der Waals surface area (Å²) in [5.74, 6) is 1.64. The van der Waals surface area contributed by atoms with Gasteiger partial charge < -0.3 is 9.64 Å². The summed E-state index contributed by atoms with van der Waals surface area (Å²) in [6.45, 7) is 3.67. The molecular weight excluding hydrogens is 336 g/mol. The maximum atomic E-state index is 12.5. The zero-order valence-electron chi connectivity index (χ0n) is 14.1. The smallest absolute Gasteiger partial charge is 0.340 e. The molecule has 0 radical (unpaired) electrons. The van der Waals surface area contributed by atoms with Gasteiger partial charge in [-0.3, -0.25) is 9.78 Å². The first-order chi connectivity index (χ1) is 12.2. The van der Waals surface area contributed by atoms with Crippen LogP contribution < -0.4 is 0 Å². The van der Waals surface area contributed by atoms with Crippen molar-refractivity contribution in [1.82, 2.24) is 9.88 Å². The topological polar surface area (TPSA) is 59.5 Å². The largest absolute Gasteiger partial charge is 0.462 e. The van der Waals surface area contributed by atoms with Crippen LogP contribution in [0.25, 0.3) is 11.3 Å². The van der Waals surface area contributed by atoms with Gasteiger partial charge in [0, 0.05) is 41.9 Å². The molecule has 0 N–H and O–H groups in total. The number of nitrogens with zero attached hydrogens (tertiary/aromatic N) is 2. The summed E-state index contributed by atoms with van der Waals surface area (Å²) < 4.78 is 5.09. The normalized spacial score (nSPS) is 14.2. The van der Waals surface area contributed by atoms with Crippen molar-refractivity contribution in [1.29, 1.82) is 0 Å². The Morgan fingerprint density at radius 3 is 2.56 bits per heavy atom. The van der Waals surface area contributed by atoms with Crippen LogP contribution in [0.3, 0.4) is 0 Å². The Labute approximate surface area is 151 Å². The van der Waals surface area contributed by atoms with Crippen LogP contribution in [0.15, 0.2) is 42.6 Å². The number of hydrogen-bond donors (Lipinski definition) is 0. The number of carbonyl (C=O) groups excluding carboxylic acids is 2. The third kappa shape index (κ3) is 4.02. The molecule has 2 aromatic rings. The molecule has 0 unspecified atom stereocenters. The summed E-state index contributed by atoms with van der Waals surface area (Å²) in [7, 11) is 0. The molecular formula is C19H20N2O3S. The molecule has 0 saturated carbocycles. The van der Waals surface area contributed by atoms with Crippen LogP contribution in [0.4, 0.5) is 0 Å². The average molecular weight is 356 g/mol. The van der Waals surface area contributed by atoms with Crippen molar-refractivity contribution >= 4 is 23.6 Å². The lowest BCUT2D eigenvalue weighted by Crippen LogP contribution is -2.37. The predicted octanol–water partition coefficient (Wildman–Crippen LogP) is 3.11. The molecule has 130 valence electrons. The molecule has 2 heterocycles. The Morgan fingerprint density at radius 2 is 1.88 bits per heavy atom. The van der Waals surface area contributed by atoms with Crippen LogP contribution in [-0.2, 0) is 4.74 Å².